The summed E-state index contributed by atoms with van der Waals surface area (Å²) in [6.45, 7) is 2.29. The third-order valence-electron chi connectivity index (χ3n) is 4.30. The summed E-state index contributed by atoms with van der Waals surface area (Å²) in [4.78, 5) is 15.6. The van der Waals surface area contributed by atoms with Gasteiger partial charge in [0.05, 0.1) is 23.2 Å². The molecule has 132 valence electrons. The van der Waals surface area contributed by atoms with Crippen LogP contribution >= 0.6 is 0 Å². The molecule has 25 heavy (non-hydrogen) atoms. The van der Waals surface area contributed by atoms with Crippen LogP contribution in [0.4, 0.5) is 0 Å². The van der Waals surface area contributed by atoms with E-state index in [1.165, 1.54) is 6.92 Å². The number of hydrogen-bond acceptors (Lipinski definition) is 4. The number of nitrogens with one attached hydrogen (secondary N) is 1. The highest BCUT2D eigenvalue weighted by atomic mass is 32.2. The van der Waals surface area contributed by atoms with E-state index in [0.717, 1.165) is 24.1 Å². The van der Waals surface area contributed by atoms with Crippen molar-refractivity contribution in [2.45, 2.75) is 37.2 Å². The Morgan fingerprint density at radius 3 is 2.76 bits per heavy atom. The molecule has 6 nitrogen and oxygen atoms in total. The zero-order valence-electron chi connectivity index (χ0n) is 14.1. The molecule has 2 aromatic rings. The van der Waals surface area contributed by atoms with Crippen LogP contribution in [0.3, 0.4) is 0 Å². The zero-order chi connectivity index (χ0) is 17.9. The number of rotatable bonds is 5. The van der Waals surface area contributed by atoms with Gasteiger partial charge in [-0.15, -0.1) is 0 Å². The van der Waals surface area contributed by atoms with E-state index in [0.29, 0.717) is 18.0 Å². The SMILES string of the molecule is CC(=O)NCc1cc(C2CCCN2S(=O)(=O)c2ccccc2)ccn1. The molecule has 1 aliphatic rings. The fraction of sp³-hybridized carbons (Fsp3) is 0.333. The van der Waals surface area contributed by atoms with Crippen molar-refractivity contribution in [3.63, 3.8) is 0 Å². The highest BCUT2D eigenvalue weighted by molar-refractivity contribution is 7.89. The fourth-order valence-electron chi connectivity index (χ4n) is 3.10. The molecule has 0 aliphatic carbocycles. The van der Waals surface area contributed by atoms with Gasteiger partial charge in [-0.3, -0.25) is 9.78 Å². The van der Waals surface area contributed by atoms with Gasteiger partial charge in [0.1, 0.15) is 0 Å². The lowest BCUT2D eigenvalue weighted by Gasteiger charge is -2.24. The second-order valence-corrected chi connectivity index (χ2v) is 7.97. The summed E-state index contributed by atoms with van der Waals surface area (Å²) < 4.78 is 27.5. The molecule has 1 aromatic carbocycles. The van der Waals surface area contributed by atoms with Gasteiger partial charge in [0, 0.05) is 19.7 Å². The lowest BCUT2D eigenvalue weighted by Crippen LogP contribution is -2.30. The van der Waals surface area contributed by atoms with Crippen molar-refractivity contribution in [2.24, 2.45) is 0 Å². The number of benzene rings is 1. The predicted octanol–water partition coefficient (Wildman–Crippen LogP) is 2.24. The Bertz CT molecular complexity index is 853. The molecule has 0 radical (unpaired) electrons. The number of sulfonamides is 1. The van der Waals surface area contributed by atoms with Crippen LogP contribution in [-0.2, 0) is 21.4 Å². The van der Waals surface area contributed by atoms with Crippen molar-refractivity contribution in [1.82, 2.24) is 14.6 Å². The standard InChI is InChI=1S/C18H21N3O3S/c1-14(22)20-13-16-12-15(9-10-19-16)18-8-5-11-21(18)25(23,24)17-6-3-2-4-7-17/h2-4,6-7,9-10,12,18H,5,8,11,13H2,1H3,(H,20,22). The second-order valence-electron chi connectivity index (χ2n) is 6.08. The molecule has 7 heteroatoms. The van der Waals surface area contributed by atoms with E-state index in [1.807, 2.05) is 12.1 Å². The molecule has 1 aliphatic heterocycles. The summed E-state index contributed by atoms with van der Waals surface area (Å²) in [5.41, 5.74) is 1.63. The number of nitrogens with zero attached hydrogens (tertiary/aromatic N) is 2. The molecule has 0 spiro atoms. The van der Waals surface area contributed by atoms with E-state index in [-0.39, 0.29) is 11.9 Å². The maximum absolute atomic E-state index is 13.0. The quantitative estimate of drug-likeness (QED) is 0.888. The zero-order valence-corrected chi connectivity index (χ0v) is 14.9. The molecule has 1 fully saturated rings. The highest BCUT2D eigenvalue weighted by Crippen LogP contribution is 2.36. The third-order valence-corrected chi connectivity index (χ3v) is 6.22. The Morgan fingerprint density at radius 2 is 2.04 bits per heavy atom. The van der Waals surface area contributed by atoms with Crippen molar-refractivity contribution in [3.05, 3.63) is 59.9 Å². The molecule has 3 rings (SSSR count). The lowest BCUT2D eigenvalue weighted by molar-refractivity contribution is -0.119. The van der Waals surface area contributed by atoms with Gasteiger partial charge in [0.2, 0.25) is 15.9 Å². The second kappa shape index (κ2) is 7.33. The number of carbonyl (C=O) groups excluding carboxylic acids is 1. The first-order valence-electron chi connectivity index (χ1n) is 8.24. The van der Waals surface area contributed by atoms with Gasteiger partial charge in [-0.05, 0) is 42.7 Å². The molecular weight excluding hydrogens is 338 g/mol. The number of hydrogen-bond donors (Lipinski definition) is 1. The van der Waals surface area contributed by atoms with E-state index >= 15 is 0 Å². The van der Waals surface area contributed by atoms with E-state index in [9.17, 15) is 13.2 Å². The highest BCUT2D eigenvalue weighted by Gasteiger charge is 2.36. The first-order valence-corrected chi connectivity index (χ1v) is 9.68. The number of amides is 1. The predicted molar refractivity (Wildman–Crippen MR) is 94.1 cm³/mol. The van der Waals surface area contributed by atoms with E-state index in [2.05, 4.69) is 10.3 Å². The Morgan fingerprint density at radius 1 is 1.28 bits per heavy atom. The Hall–Kier alpha value is -2.25. The van der Waals surface area contributed by atoms with Crippen molar-refractivity contribution in [2.75, 3.05) is 6.54 Å². The minimum Gasteiger partial charge on any atom is -0.351 e. The van der Waals surface area contributed by atoms with Crippen LogP contribution in [0.1, 0.15) is 37.1 Å². The maximum atomic E-state index is 13.0. The minimum atomic E-state index is -3.53. The van der Waals surface area contributed by atoms with Crippen molar-refractivity contribution in [3.8, 4) is 0 Å². The van der Waals surface area contributed by atoms with Gasteiger partial charge < -0.3 is 5.32 Å². The fourth-order valence-corrected chi connectivity index (χ4v) is 4.81. The molecule has 1 unspecified atom stereocenters. The van der Waals surface area contributed by atoms with Crippen LogP contribution in [0.2, 0.25) is 0 Å². The van der Waals surface area contributed by atoms with Crippen LogP contribution in [0.25, 0.3) is 0 Å². The number of pyridine rings is 1. The van der Waals surface area contributed by atoms with Gasteiger partial charge in [-0.2, -0.15) is 4.31 Å². The van der Waals surface area contributed by atoms with Crippen LogP contribution in [0, 0.1) is 0 Å². The van der Waals surface area contributed by atoms with Crippen molar-refractivity contribution in [1.29, 1.82) is 0 Å². The summed E-state index contributed by atoms with van der Waals surface area (Å²) in [5.74, 6) is -0.124. The minimum absolute atomic E-state index is 0.124. The Balaban J connectivity index is 1.87. The van der Waals surface area contributed by atoms with Gasteiger partial charge in [-0.25, -0.2) is 8.42 Å². The average Bonchev–Trinajstić information content (AvgIpc) is 3.12. The lowest BCUT2D eigenvalue weighted by atomic mass is 10.1. The summed E-state index contributed by atoms with van der Waals surface area (Å²) in [7, 11) is -3.53. The molecule has 2 heterocycles. The topological polar surface area (TPSA) is 79.4 Å². The molecule has 1 aromatic heterocycles. The molecule has 0 saturated carbocycles. The number of aromatic nitrogens is 1. The Labute approximate surface area is 147 Å². The Kier molecular flexibility index (Phi) is 5.15. The summed E-state index contributed by atoms with van der Waals surface area (Å²) in [6.07, 6.45) is 3.26. The van der Waals surface area contributed by atoms with Crippen LogP contribution in [-0.4, -0.2) is 30.2 Å². The molecular formula is C18H21N3O3S. The van der Waals surface area contributed by atoms with E-state index < -0.39 is 10.0 Å². The molecule has 1 saturated heterocycles. The van der Waals surface area contributed by atoms with E-state index in [1.54, 1.807) is 40.8 Å². The summed E-state index contributed by atoms with van der Waals surface area (Å²) in [6, 6.07) is 12.0. The van der Waals surface area contributed by atoms with Crippen LogP contribution in [0.15, 0.2) is 53.6 Å². The first-order chi connectivity index (χ1) is 12.0. The van der Waals surface area contributed by atoms with Crippen LogP contribution < -0.4 is 5.32 Å². The third kappa shape index (κ3) is 3.88. The molecule has 1 amide bonds. The number of carbonyl (C=O) groups is 1. The monoisotopic (exact) mass is 359 g/mol. The molecule has 0 bridgehead atoms. The smallest absolute Gasteiger partial charge is 0.243 e. The van der Waals surface area contributed by atoms with Gasteiger partial charge >= 0.3 is 0 Å². The van der Waals surface area contributed by atoms with E-state index in [4.69, 9.17) is 0 Å². The van der Waals surface area contributed by atoms with Crippen molar-refractivity contribution < 1.29 is 13.2 Å². The average molecular weight is 359 g/mol. The van der Waals surface area contributed by atoms with Gasteiger partial charge in [0.15, 0.2) is 0 Å². The van der Waals surface area contributed by atoms with Crippen LogP contribution in [0.5, 0.6) is 0 Å². The maximum Gasteiger partial charge on any atom is 0.243 e. The molecule has 1 N–H and O–H groups in total. The summed E-state index contributed by atoms with van der Waals surface area (Å²) >= 11 is 0. The van der Waals surface area contributed by atoms with Gasteiger partial charge in [0.25, 0.3) is 0 Å². The normalized spacial score (nSPS) is 18.2. The first kappa shape index (κ1) is 17.6. The largest absolute Gasteiger partial charge is 0.351 e. The van der Waals surface area contributed by atoms with Crippen molar-refractivity contribution >= 4 is 15.9 Å². The van der Waals surface area contributed by atoms with Gasteiger partial charge in [-0.1, -0.05) is 18.2 Å². The summed E-state index contributed by atoms with van der Waals surface area (Å²) in [5, 5.41) is 2.71. The molecule has 1 atom stereocenters.